The Morgan fingerprint density at radius 2 is 1.96 bits per heavy atom. The standard InChI is InChI=1S/C23H20N2S3/c1-4-15(12-20-25-23-22(28-20)13(2)14(3)26-23)11-19-24-21-17-8-6-5-7-16(17)9-10-18(21)27-19/h5-12,24H,4H2,1-3H3/b15-12+,19-11?. The largest absolute Gasteiger partial charge is 0.349 e. The number of nitrogens with one attached hydrogen (secondary N) is 1. The minimum Gasteiger partial charge on any atom is -0.349 e. The normalized spacial score (nSPS) is 15.5. The molecule has 0 atom stereocenters. The van der Waals surface area contributed by atoms with Crippen molar-refractivity contribution in [3.8, 4) is 0 Å². The number of anilines is 1. The molecule has 1 aliphatic rings. The lowest BCUT2D eigenvalue weighted by Crippen LogP contribution is -1.91. The molecule has 0 saturated carbocycles. The maximum Gasteiger partial charge on any atom is 0.135 e. The lowest BCUT2D eigenvalue weighted by atomic mass is 10.1. The number of thiophene rings is 1. The molecule has 2 aromatic heterocycles. The first-order chi connectivity index (χ1) is 13.6. The highest BCUT2D eigenvalue weighted by atomic mass is 32.2. The van der Waals surface area contributed by atoms with Gasteiger partial charge in [0.15, 0.2) is 0 Å². The number of fused-ring (bicyclic) bond motifs is 4. The van der Waals surface area contributed by atoms with E-state index in [4.69, 9.17) is 4.98 Å². The maximum absolute atomic E-state index is 4.84. The predicted molar refractivity (Wildman–Crippen MR) is 127 cm³/mol. The van der Waals surface area contributed by atoms with Crippen molar-refractivity contribution in [3.05, 3.63) is 68.5 Å². The van der Waals surface area contributed by atoms with E-state index in [1.165, 1.54) is 51.9 Å². The summed E-state index contributed by atoms with van der Waals surface area (Å²) in [5, 5.41) is 8.48. The molecule has 0 fully saturated rings. The van der Waals surface area contributed by atoms with E-state index in [1.54, 1.807) is 22.7 Å². The van der Waals surface area contributed by atoms with E-state index in [0.29, 0.717) is 0 Å². The van der Waals surface area contributed by atoms with Gasteiger partial charge in [0, 0.05) is 15.2 Å². The lowest BCUT2D eigenvalue weighted by molar-refractivity contribution is 1.16. The van der Waals surface area contributed by atoms with E-state index >= 15 is 0 Å². The number of aryl methyl sites for hydroxylation is 2. The third kappa shape index (κ3) is 3.08. The minimum absolute atomic E-state index is 0.980. The Morgan fingerprint density at radius 1 is 1.11 bits per heavy atom. The Labute approximate surface area is 177 Å². The number of thiazole rings is 1. The van der Waals surface area contributed by atoms with Crippen molar-refractivity contribution in [1.82, 2.24) is 4.98 Å². The van der Waals surface area contributed by atoms with E-state index in [1.807, 2.05) is 11.8 Å². The van der Waals surface area contributed by atoms with Crippen LogP contribution in [-0.2, 0) is 0 Å². The molecule has 0 unspecified atom stereocenters. The average molecular weight is 421 g/mol. The lowest BCUT2D eigenvalue weighted by Gasteiger charge is -2.04. The highest BCUT2D eigenvalue weighted by molar-refractivity contribution is 8.03. The Hall–Kier alpha value is -2.08. The number of aromatic nitrogens is 1. The molecule has 1 aliphatic heterocycles. The highest BCUT2D eigenvalue weighted by Gasteiger charge is 2.18. The second-order valence-electron chi connectivity index (χ2n) is 6.94. The third-order valence-electron chi connectivity index (χ3n) is 5.12. The van der Waals surface area contributed by atoms with Crippen molar-refractivity contribution >= 4 is 66.5 Å². The number of hydrogen-bond donors (Lipinski definition) is 1. The third-order valence-corrected chi connectivity index (χ3v) is 8.48. The summed E-state index contributed by atoms with van der Waals surface area (Å²) in [6, 6.07) is 13.0. The Balaban J connectivity index is 1.47. The molecule has 5 rings (SSSR count). The van der Waals surface area contributed by atoms with E-state index in [2.05, 4.69) is 74.6 Å². The zero-order chi connectivity index (χ0) is 19.3. The number of hydrogen-bond acceptors (Lipinski definition) is 5. The van der Waals surface area contributed by atoms with Crippen LogP contribution in [0.4, 0.5) is 5.69 Å². The van der Waals surface area contributed by atoms with Crippen LogP contribution in [0.1, 0.15) is 28.8 Å². The molecule has 0 bridgehead atoms. The average Bonchev–Trinajstić information content (AvgIpc) is 3.36. The fourth-order valence-corrected chi connectivity index (χ4v) is 6.74. The molecule has 0 radical (unpaired) electrons. The SMILES string of the molecule is CC/C(C=C1Nc2c(ccc3ccccc23)S1)=C\c1nc2sc(C)c(C)c2s1. The Kier molecular flexibility index (Phi) is 4.54. The van der Waals surface area contributed by atoms with Crippen LogP contribution in [0.2, 0.25) is 0 Å². The molecule has 0 amide bonds. The summed E-state index contributed by atoms with van der Waals surface area (Å²) in [5.41, 5.74) is 3.90. The summed E-state index contributed by atoms with van der Waals surface area (Å²) >= 11 is 5.41. The topological polar surface area (TPSA) is 24.9 Å². The molecule has 2 nitrogen and oxygen atoms in total. The maximum atomic E-state index is 4.84. The quantitative estimate of drug-likeness (QED) is 0.363. The first-order valence-electron chi connectivity index (χ1n) is 9.38. The van der Waals surface area contributed by atoms with E-state index in [9.17, 15) is 0 Å². The molecule has 28 heavy (non-hydrogen) atoms. The van der Waals surface area contributed by atoms with Crippen LogP contribution in [0, 0.1) is 13.8 Å². The Morgan fingerprint density at radius 3 is 2.79 bits per heavy atom. The van der Waals surface area contributed by atoms with Crippen molar-refractivity contribution in [2.24, 2.45) is 0 Å². The van der Waals surface area contributed by atoms with Crippen molar-refractivity contribution in [2.45, 2.75) is 32.1 Å². The van der Waals surface area contributed by atoms with E-state index < -0.39 is 0 Å². The Bertz CT molecular complexity index is 1270. The zero-order valence-corrected chi connectivity index (χ0v) is 18.4. The smallest absolute Gasteiger partial charge is 0.135 e. The molecule has 5 heteroatoms. The molecule has 1 N–H and O–H groups in total. The van der Waals surface area contributed by atoms with Crippen LogP contribution >= 0.6 is 34.4 Å². The van der Waals surface area contributed by atoms with Crippen LogP contribution in [0.5, 0.6) is 0 Å². The monoisotopic (exact) mass is 420 g/mol. The molecule has 3 heterocycles. The van der Waals surface area contributed by atoms with Crippen molar-refractivity contribution < 1.29 is 0 Å². The van der Waals surface area contributed by atoms with Gasteiger partial charge in [0.05, 0.1) is 15.4 Å². The molecule has 4 aromatic rings. The van der Waals surface area contributed by atoms with Crippen LogP contribution in [0.25, 0.3) is 26.4 Å². The minimum atomic E-state index is 0.980. The van der Waals surface area contributed by atoms with Crippen LogP contribution < -0.4 is 5.32 Å². The highest BCUT2D eigenvalue weighted by Crippen LogP contribution is 2.45. The first-order valence-corrected chi connectivity index (χ1v) is 11.8. The second-order valence-corrected chi connectivity index (χ2v) is 10.3. The summed E-state index contributed by atoms with van der Waals surface area (Å²) in [6.45, 7) is 6.58. The second kappa shape index (κ2) is 7.07. The molecule has 0 saturated heterocycles. The van der Waals surface area contributed by atoms with Gasteiger partial charge in [-0.25, -0.2) is 4.98 Å². The fraction of sp³-hybridized carbons (Fsp3) is 0.174. The van der Waals surface area contributed by atoms with Gasteiger partial charge >= 0.3 is 0 Å². The summed E-state index contributed by atoms with van der Waals surface area (Å²) in [6.07, 6.45) is 5.49. The van der Waals surface area contributed by atoms with Crippen molar-refractivity contribution in [3.63, 3.8) is 0 Å². The number of rotatable bonds is 3. The van der Waals surface area contributed by atoms with Crippen LogP contribution in [-0.4, -0.2) is 4.98 Å². The van der Waals surface area contributed by atoms with Gasteiger partial charge in [-0.2, -0.15) is 0 Å². The number of nitrogens with zero attached hydrogens (tertiary/aromatic N) is 1. The number of allylic oxidation sites excluding steroid dienone is 2. The molecule has 2 aromatic carbocycles. The van der Waals surface area contributed by atoms with E-state index in [-0.39, 0.29) is 0 Å². The van der Waals surface area contributed by atoms with Gasteiger partial charge < -0.3 is 5.32 Å². The molecular formula is C23H20N2S3. The van der Waals surface area contributed by atoms with Gasteiger partial charge in [0.25, 0.3) is 0 Å². The van der Waals surface area contributed by atoms with Crippen molar-refractivity contribution in [2.75, 3.05) is 5.32 Å². The van der Waals surface area contributed by atoms with Gasteiger partial charge in [-0.1, -0.05) is 49.0 Å². The number of thioether (sulfide) groups is 1. The molecule has 0 spiro atoms. The molecule has 140 valence electrons. The summed E-state index contributed by atoms with van der Waals surface area (Å²) in [7, 11) is 0. The van der Waals surface area contributed by atoms with Gasteiger partial charge in [-0.05, 0) is 55.0 Å². The van der Waals surface area contributed by atoms with Crippen molar-refractivity contribution in [1.29, 1.82) is 0 Å². The molecule has 0 aliphatic carbocycles. The van der Waals surface area contributed by atoms with Crippen LogP contribution in [0.3, 0.4) is 0 Å². The summed E-state index contributed by atoms with van der Waals surface area (Å²) < 4.78 is 1.34. The number of benzene rings is 2. The zero-order valence-electron chi connectivity index (χ0n) is 16.0. The first kappa shape index (κ1) is 18.0. The van der Waals surface area contributed by atoms with E-state index in [0.717, 1.165) is 11.4 Å². The van der Waals surface area contributed by atoms with Gasteiger partial charge in [0.2, 0.25) is 0 Å². The summed E-state index contributed by atoms with van der Waals surface area (Å²) in [4.78, 5) is 8.68. The molecular weight excluding hydrogens is 400 g/mol. The van der Waals surface area contributed by atoms with Gasteiger partial charge in [-0.15, -0.1) is 22.7 Å². The van der Waals surface area contributed by atoms with Crippen LogP contribution in [0.15, 0.2) is 58.0 Å². The predicted octanol–water partition coefficient (Wildman–Crippen LogP) is 7.98. The van der Waals surface area contributed by atoms with Gasteiger partial charge in [0.1, 0.15) is 9.84 Å². The fourth-order valence-electron chi connectivity index (χ4n) is 3.44. The van der Waals surface area contributed by atoms with Gasteiger partial charge in [-0.3, -0.25) is 0 Å². The summed E-state index contributed by atoms with van der Waals surface area (Å²) in [5.74, 6) is 0.